The van der Waals surface area contributed by atoms with Gasteiger partial charge in [0.05, 0.1) is 5.69 Å². The zero-order valence-electron chi connectivity index (χ0n) is 8.73. The molecule has 1 aliphatic heterocycles. The van der Waals surface area contributed by atoms with Crippen LogP contribution >= 0.6 is 0 Å². The molecule has 1 aromatic carbocycles. The van der Waals surface area contributed by atoms with Gasteiger partial charge in [0, 0.05) is 12.1 Å². The van der Waals surface area contributed by atoms with Gasteiger partial charge in [0.25, 0.3) is 0 Å². The Morgan fingerprint density at radius 3 is 2.46 bits per heavy atom. The van der Waals surface area contributed by atoms with E-state index in [0.717, 1.165) is 6.42 Å². The van der Waals surface area contributed by atoms with E-state index in [-0.39, 0.29) is 0 Å². The van der Waals surface area contributed by atoms with Crippen LogP contribution in [-0.4, -0.2) is 5.71 Å². The summed E-state index contributed by atoms with van der Waals surface area (Å²) in [6.07, 6.45) is 1.04. The summed E-state index contributed by atoms with van der Waals surface area (Å²) in [7, 11) is 0. The van der Waals surface area contributed by atoms with E-state index in [1.807, 2.05) is 0 Å². The van der Waals surface area contributed by atoms with Gasteiger partial charge in [-0.2, -0.15) is 0 Å². The van der Waals surface area contributed by atoms with Gasteiger partial charge in [-0.15, -0.1) is 0 Å². The van der Waals surface area contributed by atoms with Crippen LogP contribution < -0.4 is 0 Å². The summed E-state index contributed by atoms with van der Waals surface area (Å²) in [5.74, 6) is 0. The van der Waals surface area contributed by atoms with Crippen molar-refractivity contribution in [3.63, 3.8) is 0 Å². The SMILES string of the molecule is CC1=Nc2c(cc(C)c(C)c2C)C1. The number of hydrogen-bond donors (Lipinski definition) is 0. The van der Waals surface area contributed by atoms with Crippen LogP contribution in [0.1, 0.15) is 29.2 Å². The van der Waals surface area contributed by atoms with Crippen molar-refractivity contribution in [2.45, 2.75) is 34.1 Å². The molecule has 1 heterocycles. The van der Waals surface area contributed by atoms with Crippen molar-refractivity contribution in [2.75, 3.05) is 0 Å². The van der Waals surface area contributed by atoms with E-state index in [1.165, 1.54) is 33.7 Å². The van der Waals surface area contributed by atoms with Gasteiger partial charge < -0.3 is 0 Å². The molecule has 0 radical (unpaired) electrons. The Kier molecular flexibility index (Phi) is 1.76. The number of aliphatic imine (C=N–C) groups is 1. The fraction of sp³-hybridized carbons (Fsp3) is 0.417. The molecule has 1 aromatic rings. The average molecular weight is 173 g/mol. The number of benzene rings is 1. The maximum atomic E-state index is 4.57. The number of hydrogen-bond acceptors (Lipinski definition) is 1. The third kappa shape index (κ3) is 1.19. The zero-order valence-corrected chi connectivity index (χ0v) is 8.73. The van der Waals surface area contributed by atoms with Crippen LogP contribution in [0.5, 0.6) is 0 Å². The Hall–Kier alpha value is -1.11. The molecule has 0 saturated carbocycles. The van der Waals surface area contributed by atoms with Crippen molar-refractivity contribution < 1.29 is 0 Å². The number of aryl methyl sites for hydroxylation is 1. The molecule has 68 valence electrons. The second-order valence-electron chi connectivity index (χ2n) is 3.98. The number of nitrogens with zero attached hydrogens (tertiary/aromatic N) is 1. The third-order valence-corrected chi connectivity index (χ3v) is 2.95. The lowest BCUT2D eigenvalue weighted by molar-refractivity contribution is 1.22. The van der Waals surface area contributed by atoms with E-state index in [4.69, 9.17) is 0 Å². The molecule has 0 N–H and O–H groups in total. The van der Waals surface area contributed by atoms with Gasteiger partial charge in [0.15, 0.2) is 0 Å². The highest BCUT2D eigenvalue weighted by molar-refractivity contribution is 5.93. The van der Waals surface area contributed by atoms with Crippen LogP contribution in [0.2, 0.25) is 0 Å². The second kappa shape index (κ2) is 2.69. The summed E-state index contributed by atoms with van der Waals surface area (Å²) in [5.41, 5.74) is 7.99. The normalized spacial score (nSPS) is 14.3. The number of rotatable bonds is 0. The van der Waals surface area contributed by atoms with Gasteiger partial charge in [-0.1, -0.05) is 6.07 Å². The number of fused-ring (bicyclic) bond motifs is 1. The quantitative estimate of drug-likeness (QED) is 0.571. The van der Waals surface area contributed by atoms with Gasteiger partial charge >= 0.3 is 0 Å². The highest BCUT2D eigenvalue weighted by Crippen LogP contribution is 2.33. The van der Waals surface area contributed by atoms with Gasteiger partial charge in [-0.25, -0.2) is 0 Å². The molecule has 13 heavy (non-hydrogen) atoms. The molecule has 0 aliphatic carbocycles. The smallest absolute Gasteiger partial charge is 0.0696 e. The monoisotopic (exact) mass is 173 g/mol. The van der Waals surface area contributed by atoms with E-state index < -0.39 is 0 Å². The molecule has 2 rings (SSSR count). The third-order valence-electron chi connectivity index (χ3n) is 2.95. The van der Waals surface area contributed by atoms with Crippen LogP contribution in [0.4, 0.5) is 5.69 Å². The molecule has 1 aliphatic rings. The maximum Gasteiger partial charge on any atom is 0.0696 e. The summed E-state index contributed by atoms with van der Waals surface area (Å²) < 4.78 is 0. The van der Waals surface area contributed by atoms with Crippen LogP contribution in [-0.2, 0) is 6.42 Å². The van der Waals surface area contributed by atoms with E-state index in [2.05, 4.69) is 38.8 Å². The first kappa shape index (κ1) is 8.49. The van der Waals surface area contributed by atoms with Gasteiger partial charge in [0.2, 0.25) is 0 Å². The summed E-state index contributed by atoms with van der Waals surface area (Å²) in [6.45, 7) is 8.62. The van der Waals surface area contributed by atoms with Crippen molar-refractivity contribution in [3.8, 4) is 0 Å². The molecule has 1 heteroatoms. The minimum atomic E-state index is 1.04. The second-order valence-corrected chi connectivity index (χ2v) is 3.98. The Balaban J connectivity index is 2.69. The molecule has 0 unspecified atom stereocenters. The molecule has 0 saturated heterocycles. The van der Waals surface area contributed by atoms with Crippen LogP contribution in [0.15, 0.2) is 11.1 Å². The van der Waals surface area contributed by atoms with Crippen LogP contribution in [0.3, 0.4) is 0 Å². The first-order chi connectivity index (χ1) is 6.09. The molecule has 0 atom stereocenters. The predicted octanol–water partition coefficient (Wildman–Crippen LogP) is 3.26. The molecule has 1 nitrogen and oxygen atoms in total. The topological polar surface area (TPSA) is 12.4 Å². The molecular formula is C12H15N. The summed E-state index contributed by atoms with van der Waals surface area (Å²) in [5, 5.41) is 0. The maximum absolute atomic E-state index is 4.57. The van der Waals surface area contributed by atoms with Crippen molar-refractivity contribution in [3.05, 3.63) is 28.3 Å². The first-order valence-electron chi connectivity index (χ1n) is 4.73. The zero-order chi connectivity index (χ0) is 9.59. The van der Waals surface area contributed by atoms with Crippen molar-refractivity contribution in [2.24, 2.45) is 4.99 Å². The molecule has 0 aromatic heterocycles. The summed E-state index contributed by atoms with van der Waals surface area (Å²) in [6, 6.07) is 2.28. The van der Waals surface area contributed by atoms with Crippen LogP contribution in [0, 0.1) is 20.8 Å². The molecule has 0 spiro atoms. The lowest BCUT2D eigenvalue weighted by Crippen LogP contribution is -1.92. The standard InChI is InChI=1S/C12H15N/c1-7-5-11-6-8(2)13-12(11)10(4)9(7)3/h5H,6H2,1-4H3. The molecule has 0 bridgehead atoms. The predicted molar refractivity (Wildman–Crippen MR) is 57.1 cm³/mol. The summed E-state index contributed by atoms with van der Waals surface area (Å²) in [4.78, 5) is 4.57. The van der Waals surface area contributed by atoms with E-state index in [9.17, 15) is 0 Å². The highest BCUT2D eigenvalue weighted by atomic mass is 14.8. The Morgan fingerprint density at radius 2 is 1.77 bits per heavy atom. The van der Waals surface area contributed by atoms with Crippen LogP contribution in [0.25, 0.3) is 0 Å². The van der Waals surface area contributed by atoms with Gasteiger partial charge in [0.1, 0.15) is 0 Å². The highest BCUT2D eigenvalue weighted by Gasteiger charge is 2.15. The van der Waals surface area contributed by atoms with Crippen molar-refractivity contribution >= 4 is 11.4 Å². The van der Waals surface area contributed by atoms with E-state index in [1.54, 1.807) is 0 Å². The lowest BCUT2D eigenvalue weighted by Gasteiger charge is -2.08. The average Bonchev–Trinajstić information content (AvgIpc) is 2.42. The van der Waals surface area contributed by atoms with Gasteiger partial charge in [-0.3, -0.25) is 4.99 Å². The molecular weight excluding hydrogens is 158 g/mol. The Bertz CT molecular complexity index is 400. The summed E-state index contributed by atoms with van der Waals surface area (Å²) >= 11 is 0. The minimum absolute atomic E-state index is 1.04. The van der Waals surface area contributed by atoms with Gasteiger partial charge in [-0.05, 0) is 49.9 Å². The van der Waals surface area contributed by atoms with Crippen molar-refractivity contribution in [1.82, 2.24) is 0 Å². The largest absolute Gasteiger partial charge is 0.257 e. The Labute approximate surface area is 79.5 Å². The fourth-order valence-electron chi connectivity index (χ4n) is 1.95. The Morgan fingerprint density at radius 1 is 1.08 bits per heavy atom. The lowest BCUT2D eigenvalue weighted by atomic mass is 9.97. The van der Waals surface area contributed by atoms with E-state index >= 15 is 0 Å². The molecule has 0 fully saturated rings. The fourth-order valence-corrected chi connectivity index (χ4v) is 1.95. The first-order valence-corrected chi connectivity index (χ1v) is 4.73. The molecule has 0 amide bonds. The van der Waals surface area contributed by atoms with E-state index in [0.29, 0.717) is 0 Å². The van der Waals surface area contributed by atoms with Crippen molar-refractivity contribution in [1.29, 1.82) is 0 Å². The minimum Gasteiger partial charge on any atom is -0.257 e.